The highest BCUT2D eigenvalue weighted by molar-refractivity contribution is 6.74. The third-order valence-corrected chi connectivity index (χ3v) is 33.8. The van der Waals surface area contributed by atoms with Gasteiger partial charge in [-0.1, -0.05) is 88.5 Å². The molecule has 8 saturated heterocycles. The highest BCUT2D eigenvalue weighted by Gasteiger charge is 2.68. The molecule has 8 heterocycles. The SMILES string of the molecule is C=CC[C@@H]1O[C@@H]2C3O[C@@H]4C[C@](CCC5CC(=C)C(CCC6CC(C)C(=C)C(C[C@@H]7OC(CC(CO[Si](CC)(CC)CC)O[Si](CC)(CC)CC)[C@H](OC)C7CC(=O)OC)O6)O5)(OC3C1O[Si](CC)(CC)CC)OC24. The van der Waals surface area contributed by atoms with E-state index in [1.54, 1.807) is 7.11 Å². The van der Waals surface area contributed by atoms with E-state index in [0.717, 1.165) is 97.6 Å². The van der Waals surface area contributed by atoms with Crippen molar-refractivity contribution in [3.8, 4) is 0 Å². The largest absolute Gasteiger partial charge is 0.469 e. The van der Waals surface area contributed by atoms with Gasteiger partial charge in [-0.2, -0.15) is 0 Å². The van der Waals surface area contributed by atoms with Crippen LogP contribution in [-0.2, 0) is 60.7 Å². The molecule has 8 rings (SSSR count). The van der Waals surface area contributed by atoms with E-state index in [1.807, 2.05) is 6.08 Å². The van der Waals surface area contributed by atoms with Crippen LogP contribution in [0.5, 0.6) is 0 Å². The lowest BCUT2D eigenvalue weighted by atomic mass is 9.82. The number of methoxy groups -OCH3 is 2. The van der Waals surface area contributed by atoms with Gasteiger partial charge in [-0.15, -0.1) is 6.58 Å². The number of rotatable bonds is 31. The second-order valence-corrected chi connectivity index (χ2v) is 37.7. The molecule has 8 aliphatic rings. The molecular weight excluding hydrogens is 989 g/mol. The second-order valence-electron chi connectivity index (χ2n) is 23.5. The average molecular weight is 1090 g/mol. The van der Waals surface area contributed by atoms with Crippen molar-refractivity contribution in [1.82, 2.24) is 0 Å². The molecule has 13 nitrogen and oxygen atoms in total. The zero-order valence-corrected chi connectivity index (χ0v) is 51.2. The first-order valence-electron chi connectivity index (χ1n) is 29.7. The van der Waals surface area contributed by atoms with Gasteiger partial charge in [0.15, 0.2) is 30.7 Å². The summed E-state index contributed by atoms with van der Waals surface area (Å²) >= 11 is 0. The maximum atomic E-state index is 13.1. The molecular formula is C58H102O13Si3. The van der Waals surface area contributed by atoms with Crippen molar-refractivity contribution in [3.05, 3.63) is 37.0 Å². The lowest BCUT2D eigenvalue weighted by molar-refractivity contribution is -0.271. The molecule has 424 valence electrons. The average Bonchev–Trinajstić information content (AvgIpc) is 4.10. The van der Waals surface area contributed by atoms with Crippen LogP contribution in [0.15, 0.2) is 37.0 Å². The van der Waals surface area contributed by atoms with E-state index >= 15 is 0 Å². The second kappa shape index (κ2) is 26.4. The third kappa shape index (κ3) is 13.1. The molecule has 0 aliphatic carbocycles. The number of esters is 1. The number of carbonyl (C=O) groups is 1. The Kier molecular flexibility index (Phi) is 21.6. The molecule has 0 radical (unpaired) electrons. The predicted octanol–water partition coefficient (Wildman–Crippen LogP) is 12.1. The standard InChI is InChI=1S/C58H102O13Si3/c1-16-26-46-54(71-74(23-8,24-9)25-10)57-56-55(66-46)53-50(67-56)36-58(68-53,69-57)30-29-42-32-39(12)45(63-42)28-27-41-31-38(11)40(13)47(64-41)35-48-44(34-51(59)60-14)52(61-15)49(65-48)33-43(70-73(20-5,21-6)22-7)37-62-72(17-2,18-3)19-4/h16,38,41-50,52-57H,1,12-13,17-37H2,2-11,14-15H3/t38?,41?,42?,43?,44?,45?,46-,47?,48-,49?,50+,52+,53?,54?,55-,56?,57?,58-/m0/s1. The number of hydrogen-bond donors (Lipinski definition) is 0. The molecule has 0 saturated carbocycles. The van der Waals surface area contributed by atoms with Crippen LogP contribution in [0.4, 0.5) is 0 Å². The van der Waals surface area contributed by atoms with E-state index < -0.39 is 30.7 Å². The summed E-state index contributed by atoms with van der Waals surface area (Å²) in [6.07, 6.45) is 7.09. The Morgan fingerprint density at radius 1 is 0.716 bits per heavy atom. The minimum absolute atomic E-state index is 0.0147. The van der Waals surface area contributed by atoms with Gasteiger partial charge >= 0.3 is 5.97 Å². The van der Waals surface area contributed by atoms with Crippen LogP contribution in [0.2, 0.25) is 54.4 Å². The number of ether oxygens (including phenoxy) is 9. The Morgan fingerprint density at radius 3 is 1.97 bits per heavy atom. The van der Waals surface area contributed by atoms with Crippen LogP contribution in [-0.4, -0.2) is 149 Å². The summed E-state index contributed by atoms with van der Waals surface area (Å²) in [6.45, 7) is 36.5. The van der Waals surface area contributed by atoms with Crippen molar-refractivity contribution in [2.24, 2.45) is 11.8 Å². The van der Waals surface area contributed by atoms with Gasteiger partial charge in [-0.25, -0.2) is 0 Å². The molecule has 0 N–H and O–H groups in total. The minimum Gasteiger partial charge on any atom is -0.469 e. The molecule has 18 atom stereocenters. The third-order valence-electron chi connectivity index (χ3n) is 19.9. The van der Waals surface area contributed by atoms with Crippen molar-refractivity contribution in [2.45, 2.75) is 292 Å². The predicted molar refractivity (Wildman–Crippen MR) is 298 cm³/mol. The summed E-state index contributed by atoms with van der Waals surface area (Å²) in [6, 6.07) is 9.55. The van der Waals surface area contributed by atoms with Crippen LogP contribution in [0.3, 0.4) is 0 Å². The van der Waals surface area contributed by atoms with Gasteiger partial charge in [0.2, 0.25) is 0 Å². The monoisotopic (exact) mass is 1090 g/mol. The fourth-order valence-electron chi connectivity index (χ4n) is 14.3. The topological polar surface area (TPSA) is 128 Å². The van der Waals surface area contributed by atoms with Crippen LogP contribution in [0, 0.1) is 11.8 Å². The maximum absolute atomic E-state index is 13.1. The van der Waals surface area contributed by atoms with Crippen LogP contribution in [0.1, 0.15) is 140 Å². The van der Waals surface area contributed by atoms with Crippen LogP contribution >= 0.6 is 0 Å². The van der Waals surface area contributed by atoms with Gasteiger partial charge in [0.05, 0.1) is 81.2 Å². The van der Waals surface area contributed by atoms with E-state index in [0.29, 0.717) is 38.7 Å². The normalized spacial score (nSPS) is 37.5. The fraction of sp³-hybridized carbons (Fsp3) is 0.879. The van der Waals surface area contributed by atoms with Gasteiger partial charge < -0.3 is 55.9 Å². The van der Waals surface area contributed by atoms with E-state index in [4.69, 9.17) is 55.9 Å². The quantitative estimate of drug-likeness (QED) is 0.0371. The van der Waals surface area contributed by atoms with Crippen LogP contribution in [0.25, 0.3) is 0 Å². The summed E-state index contributed by atoms with van der Waals surface area (Å²) < 4.78 is 81.7. The Balaban J connectivity index is 0.980. The summed E-state index contributed by atoms with van der Waals surface area (Å²) in [7, 11) is -2.71. The van der Waals surface area contributed by atoms with Crippen molar-refractivity contribution in [2.75, 3.05) is 20.8 Å². The molecule has 0 aromatic carbocycles. The first-order valence-corrected chi connectivity index (χ1v) is 37.3. The van der Waals surface area contributed by atoms with Crippen molar-refractivity contribution in [3.63, 3.8) is 0 Å². The number of carbonyl (C=O) groups excluding carboxylic acids is 1. The first kappa shape index (κ1) is 60.5. The first-order chi connectivity index (χ1) is 35.5. The zero-order chi connectivity index (χ0) is 53.6. The molecule has 16 heteroatoms. The van der Waals surface area contributed by atoms with Gasteiger partial charge in [0.25, 0.3) is 0 Å². The zero-order valence-electron chi connectivity index (χ0n) is 48.2. The minimum atomic E-state index is -2.01. The fourth-order valence-corrected chi connectivity index (χ4v) is 22.7. The summed E-state index contributed by atoms with van der Waals surface area (Å²) in [5.41, 5.74) is 2.21. The number of hydrogen-bond acceptors (Lipinski definition) is 13. The van der Waals surface area contributed by atoms with E-state index in [-0.39, 0.29) is 116 Å². The molecule has 8 aliphatic heterocycles. The highest BCUT2D eigenvalue weighted by atomic mass is 28.4. The van der Waals surface area contributed by atoms with E-state index in [1.165, 1.54) is 7.11 Å². The molecule has 0 spiro atoms. The van der Waals surface area contributed by atoms with Crippen LogP contribution < -0.4 is 0 Å². The molecule has 0 amide bonds. The summed E-state index contributed by atoms with van der Waals surface area (Å²) in [4.78, 5) is 13.1. The van der Waals surface area contributed by atoms with Crippen molar-refractivity contribution < 1.29 is 60.7 Å². The highest BCUT2D eigenvalue weighted by Crippen LogP contribution is 2.54. The molecule has 8 fully saturated rings. The lowest BCUT2D eigenvalue weighted by Gasteiger charge is -2.47. The van der Waals surface area contributed by atoms with Gasteiger partial charge in [0.1, 0.15) is 30.5 Å². The van der Waals surface area contributed by atoms with Gasteiger partial charge in [-0.05, 0) is 110 Å². The van der Waals surface area contributed by atoms with E-state index in [2.05, 4.69) is 89.0 Å². The Labute approximate surface area is 450 Å². The van der Waals surface area contributed by atoms with E-state index in [9.17, 15) is 4.79 Å². The smallest absolute Gasteiger partial charge is 0.305 e. The molecule has 6 bridgehead atoms. The van der Waals surface area contributed by atoms with Gasteiger partial charge in [0, 0.05) is 38.7 Å². The van der Waals surface area contributed by atoms with Crippen molar-refractivity contribution >= 4 is 30.9 Å². The maximum Gasteiger partial charge on any atom is 0.305 e. The van der Waals surface area contributed by atoms with Crippen molar-refractivity contribution in [1.29, 1.82) is 0 Å². The Hall–Kier alpha value is -1.10. The molecule has 0 aromatic rings. The summed E-state index contributed by atoms with van der Waals surface area (Å²) in [5.74, 6) is -1.00. The Morgan fingerprint density at radius 2 is 1.35 bits per heavy atom. The summed E-state index contributed by atoms with van der Waals surface area (Å²) in [5, 5.41) is 0. The Bertz CT molecular complexity index is 1820. The molecule has 0 aromatic heterocycles. The molecule has 74 heavy (non-hydrogen) atoms. The lowest BCUT2D eigenvalue weighted by Crippen LogP contribution is -2.62. The van der Waals surface area contributed by atoms with Gasteiger partial charge in [-0.3, -0.25) is 4.79 Å². The molecule has 12 unspecified atom stereocenters.